The molecule has 1 aliphatic rings. The fourth-order valence-electron chi connectivity index (χ4n) is 1.77. The standard InChI is InChI=1S/C11H10BrIO/c12-10(7-14)11(5-6-11)8-1-3-9(13)4-2-8/h1-4,7,10H,5-6H2. The molecule has 0 N–H and O–H groups in total. The highest BCUT2D eigenvalue weighted by Crippen LogP contribution is 2.52. The van der Waals surface area contributed by atoms with Gasteiger partial charge in [-0.15, -0.1) is 0 Å². The van der Waals surface area contributed by atoms with Gasteiger partial charge >= 0.3 is 0 Å². The highest BCUT2D eigenvalue weighted by atomic mass is 127. The van der Waals surface area contributed by atoms with Gasteiger partial charge < -0.3 is 4.79 Å². The van der Waals surface area contributed by atoms with E-state index in [0.29, 0.717) is 0 Å². The molecule has 0 aromatic heterocycles. The smallest absolute Gasteiger partial charge is 0.134 e. The lowest BCUT2D eigenvalue weighted by Crippen LogP contribution is -2.21. The summed E-state index contributed by atoms with van der Waals surface area (Å²) in [6.07, 6.45) is 3.23. The van der Waals surface area contributed by atoms with Crippen LogP contribution < -0.4 is 0 Å². The number of aldehydes is 1. The molecule has 0 amide bonds. The van der Waals surface area contributed by atoms with Crippen LogP contribution in [0.2, 0.25) is 0 Å². The van der Waals surface area contributed by atoms with E-state index in [-0.39, 0.29) is 10.2 Å². The summed E-state index contributed by atoms with van der Waals surface area (Å²) in [5.41, 5.74) is 1.37. The van der Waals surface area contributed by atoms with Gasteiger partial charge in [0.05, 0.1) is 4.83 Å². The van der Waals surface area contributed by atoms with Crippen molar-refractivity contribution in [3.8, 4) is 0 Å². The quantitative estimate of drug-likeness (QED) is 0.457. The molecule has 1 atom stereocenters. The van der Waals surface area contributed by atoms with Crippen LogP contribution in [0.3, 0.4) is 0 Å². The summed E-state index contributed by atoms with van der Waals surface area (Å²) in [5.74, 6) is 0. The Morgan fingerprint density at radius 1 is 1.36 bits per heavy atom. The second-order valence-corrected chi connectivity index (χ2v) is 5.93. The zero-order valence-electron chi connectivity index (χ0n) is 7.54. The summed E-state index contributed by atoms with van der Waals surface area (Å²) in [6.45, 7) is 0. The fourth-order valence-corrected chi connectivity index (χ4v) is 2.85. The van der Waals surface area contributed by atoms with Gasteiger partial charge in [-0.2, -0.15) is 0 Å². The molecule has 0 radical (unpaired) electrons. The van der Waals surface area contributed by atoms with Crippen molar-refractivity contribution in [1.29, 1.82) is 0 Å². The van der Waals surface area contributed by atoms with E-state index in [1.807, 2.05) is 0 Å². The van der Waals surface area contributed by atoms with Crippen LogP contribution in [0.25, 0.3) is 0 Å². The van der Waals surface area contributed by atoms with E-state index in [2.05, 4.69) is 62.8 Å². The molecule has 74 valence electrons. The topological polar surface area (TPSA) is 17.1 Å². The predicted octanol–water partition coefficient (Wildman–Crippen LogP) is 3.29. The van der Waals surface area contributed by atoms with Crippen molar-refractivity contribution >= 4 is 44.8 Å². The minimum Gasteiger partial charge on any atom is -0.302 e. The molecule has 1 fully saturated rings. The average molecular weight is 365 g/mol. The SMILES string of the molecule is O=CC(Br)C1(c2ccc(I)cc2)CC1. The Hall–Kier alpha value is 0.1000. The van der Waals surface area contributed by atoms with Crippen molar-refractivity contribution in [3.05, 3.63) is 33.4 Å². The summed E-state index contributed by atoms with van der Waals surface area (Å²) in [5, 5.41) is 0. The van der Waals surface area contributed by atoms with Gasteiger partial charge in [-0.3, -0.25) is 0 Å². The van der Waals surface area contributed by atoms with Crippen LogP contribution in [0.1, 0.15) is 18.4 Å². The Morgan fingerprint density at radius 3 is 2.36 bits per heavy atom. The number of hydrogen-bond acceptors (Lipinski definition) is 1. The van der Waals surface area contributed by atoms with E-state index >= 15 is 0 Å². The van der Waals surface area contributed by atoms with Gasteiger partial charge in [0, 0.05) is 8.99 Å². The average Bonchev–Trinajstić information content (AvgIpc) is 2.99. The molecule has 0 aliphatic heterocycles. The number of carbonyl (C=O) groups excluding carboxylic acids is 1. The third-order valence-electron chi connectivity index (χ3n) is 2.86. The van der Waals surface area contributed by atoms with Gasteiger partial charge in [0.2, 0.25) is 0 Å². The van der Waals surface area contributed by atoms with Gasteiger partial charge in [-0.1, -0.05) is 28.1 Å². The molecule has 0 spiro atoms. The molecule has 3 heteroatoms. The maximum absolute atomic E-state index is 10.8. The number of alkyl halides is 1. The van der Waals surface area contributed by atoms with Crippen molar-refractivity contribution in [2.45, 2.75) is 23.1 Å². The first-order chi connectivity index (χ1) is 6.69. The number of halogens is 2. The highest BCUT2D eigenvalue weighted by molar-refractivity contribution is 14.1. The molecule has 1 aliphatic carbocycles. The van der Waals surface area contributed by atoms with Crippen LogP contribution in [-0.4, -0.2) is 11.1 Å². The Kier molecular flexibility index (Phi) is 2.98. The van der Waals surface area contributed by atoms with Crippen molar-refractivity contribution in [2.24, 2.45) is 0 Å². The van der Waals surface area contributed by atoms with Crippen LogP contribution in [0.4, 0.5) is 0 Å². The molecule has 0 heterocycles. The molecular formula is C11H10BrIO. The number of hydrogen-bond donors (Lipinski definition) is 0. The maximum Gasteiger partial charge on any atom is 0.134 e. The summed E-state index contributed by atoms with van der Waals surface area (Å²) in [7, 11) is 0. The molecule has 1 aromatic carbocycles. The van der Waals surface area contributed by atoms with E-state index in [0.717, 1.165) is 19.1 Å². The van der Waals surface area contributed by atoms with Crippen molar-refractivity contribution in [3.63, 3.8) is 0 Å². The third-order valence-corrected chi connectivity index (χ3v) is 4.67. The number of rotatable bonds is 3. The minimum absolute atomic E-state index is 0.0324. The van der Waals surface area contributed by atoms with Crippen LogP contribution >= 0.6 is 38.5 Å². The monoisotopic (exact) mass is 364 g/mol. The molecule has 0 bridgehead atoms. The van der Waals surface area contributed by atoms with E-state index < -0.39 is 0 Å². The van der Waals surface area contributed by atoms with E-state index in [1.54, 1.807) is 0 Å². The minimum atomic E-state index is -0.0324. The normalized spacial score (nSPS) is 20.1. The Bertz CT molecular complexity index is 343. The van der Waals surface area contributed by atoms with Crippen molar-refractivity contribution < 1.29 is 4.79 Å². The lowest BCUT2D eigenvalue weighted by molar-refractivity contribution is -0.107. The first kappa shape index (κ1) is 10.6. The second-order valence-electron chi connectivity index (χ2n) is 3.70. The van der Waals surface area contributed by atoms with Gasteiger partial charge in [-0.05, 0) is 53.1 Å². The van der Waals surface area contributed by atoms with Crippen LogP contribution in [0, 0.1) is 3.57 Å². The Morgan fingerprint density at radius 2 is 1.93 bits per heavy atom. The molecule has 1 unspecified atom stereocenters. The van der Waals surface area contributed by atoms with Crippen LogP contribution in [-0.2, 0) is 10.2 Å². The maximum atomic E-state index is 10.8. The van der Waals surface area contributed by atoms with Crippen LogP contribution in [0.15, 0.2) is 24.3 Å². The summed E-state index contributed by atoms with van der Waals surface area (Å²) >= 11 is 5.74. The van der Waals surface area contributed by atoms with Gasteiger partial charge in [0.25, 0.3) is 0 Å². The van der Waals surface area contributed by atoms with Gasteiger partial charge in [0.15, 0.2) is 0 Å². The first-order valence-corrected chi connectivity index (χ1v) is 6.54. The number of benzene rings is 1. The largest absolute Gasteiger partial charge is 0.302 e. The summed E-state index contributed by atoms with van der Waals surface area (Å²) in [4.78, 5) is 10.8. The Labute approximate surface area is 106 Å². The molecule has 0 saturated heterocycles. The molecule has 1 aromatic rings. The third kappa shape index (κ3) is 1.76. The van der Waals surface area contributed by atoms with Crippen molar-refractivity contribution in [2.75, 3.05) is 0 Å². The summed E-state index contributed by atoms with van der Waals surface area (Å²) in [6, 6.07) is 8.46. The van der Waals surface area contributed by atoms with Crippen molar-refractivity contribution in [1.82, 2.24) is 0 Å². The highest BCUT2D eigenvalue weighted by Gasteiger charge is 2.49. The zero-order valence-corrected chi connectivity index (χ0v) is 11.3. The predicted molar refractivity (Wildman–Crippen MR) is 68.9 cm³/mol. The lowest BCUT2D eigenvalue weighted by Gasteiger charge is -2.17. The molecule has 1 nitrogen and oxygen atoms in total. The van der Waals surface area contributed by atoms with Gasteiger partial charge in [0.1, 0.15) is 6.29 Å². The van der Waals surface area contributed by atoms with E-state index in [4.69, 9.17) is 0 Å². The molecular weight excluding hydrogens is 355 g/mol. The van der Waals surface area contributed by atoms with Gasteiger partial charge in [-0.25, -0.2) is 0 Å². The first-order valence-electron chi connectivity index (χ1n) is 4.54. The fraction of sp³-hybridized carbons (Fsp3) is 0.364. The van der Waals surface area contributed by atoms with E-state index in [9.17, 15) is 4.79 Å². The zero-order chi connectivity index (χ0) is 10.2. The van der Waals surface area contributed by atoms with Crippen LogP contribution in [0.5, 0.6) is 0 Å². The van der Waals surface area contributed by atoms with E-state index in [1.165, 1.54) is 9.13 Å². The lowest BCUT2D eigenvalue weighted by atomic mass is 9.93. The molecule has 14 heavy (non-hydrogen) atoms. The number of carbonyl (C=O) groups is 1. The Balaban J connectivity index is 2.30. The summed E-state index contributed by atoms with van der Waals surface area (Å²) < 4.78 is 1.24. The second kappa shape index (κ2) is 3.93. The molecule has 1 saturated carbocycles. The molecule has 2 rings (SSSR count).